The summed E-state index contributed by atoms with van der Waals surface area (Å²) in [6.07, 6.45) is 3.33. The van der Waals surface area contributed by atoms with Gasteiger partial charge in [0, 0.05) is 26.7 Å². The first kappa shape index (κ1) is 12.4. The molecule has 0 aromatic carbocycles. The van der Waals surface area contributed by atoms with Crippen molar-refractivity contribution < 1.29 is 0 Å². The SMILES string of the molecule is CCC(N)CCCN(C)C(C)=NC. The van der Waals surface area contributed by atoms with Gasteiger partial charge in [0.15, 0.2) is 0 Å². The van der Waals surface area contributed by atoms with Crippen LogP contribution < -0.4 is 5.73 Å². The van der Waals surface area contributed by atoms with Crippen LogP contribution in [0.2, 0.25) is 0 Å². The standard InChI is InChI=1S/C10H23N3/c1-5-10(11)7-6-8-13(4)9(2)12-3/h10H,5-8,11H2,1-4H3. The summed E-state index contributed by atoms with van der Waals surface area (Å²) in [6.45, 7) is 5.21. The summed E-state index contributed by atoms with van der Waals surface area (Å²) >= 11 is 0. The maximum atomic E-state index is 5.82. The third-order valence-electron chi connectivity index (χ3n) is 2.47. The number of aliphatic imine (C=N–C) groups is 1. The van der Waals surface area contributed by atoms with E-state index in [1.54, 1.807) is 0 Å². The fraction of sp³-hybridized carbons (Fsp3) is 0.900. The van der Waals surface area contributed by atoms with Gasteiger partial charge in [0.2, 0.25) is 0 Å². The smallest absolute Gasteiger partial charge is 0.0951 e. The van der Waals surface area contributed by atoms with E-state index in [1.807, 2.05) is 14.0 Å². The molecule has 0 aromatic rings. The summed E-state index contributed by atoms with van der Waals surface area (Å²) in [6, 6.07) is 0.368. The largest absolute Gasteiger partial charge is 0.364 e. The maximum Gasteiger partial charge on any atom is 0.0951 e. The van der Waals surface area contributed by atoms with E-state index in [-0.39, 0.29) is 0 Å². The highest BCUT2D eigenvalue weighted by Gasteiger charge is 2.02. The van der Waals surface area contributed by atoms with E-state index < -0.39 is 0 Å². The Hall–Kier alpha value is -0.570. The average molecular weight is 185 g/mol. The molecule has 0 aliphatic heterocycles. The predicted molar refractivity (Wildman–Crippen MR) is 59.2 cm³/mol. The van der Waals surface area contributed by atoms with Crippen LogP contribution in [0.3, 0.4) is 0 Å². The van der Waals surface area contributed by atoms with Crippen LogP contribution in [0, 0.1) is 0 Å². The minimum atomic E-state index is 0.368. The number of nitrogens with zero attached hydrogens (tertiary/aromatic N) is 2. The van der Waals surface area contributed by atoms with E-state index in [2.05, 4.69) is 23.9 Å². The number of amidine groups is 1. The van der Waals surface area contributed by atoms with E-state index in [4.69, 9.17) is 5.73 Å². The highest BCUT2D eigenvalue weighted by atomic mass is 15.1. The van der Waals surface area contributed by atoms with Crippen molar-refractivity contribution in [1.82, 2.24) is 4.90 Å². The lowest BCUT2D eigenvalue weighted by molar-refractivity contribution is 0.450. The van der Waals surface area contributed by atoms with Crippen molar-refractivity contribution in [3.63, 3.8) is 0 Å². The van der Waals surface area contributed by atoms with Gasteiger partial charge in [-0.2, -0.15) is 0 Å². The van der Waals surface area contributed by atoms with Gasteiger partial charge in [0.25, 0.3) is 0 Å². The lowest BCUT2D eigenvalue weighted by atomic mass is 10.1. The van der Waals surface area contributed by atoms with Crippen LogP contribution in [-0.4, -0.2) is 37.4 Å². The van der Waals surface area contributed by atoms with Crippen LogP contribution in [0.4, 0.5) is 0 Å². The number of hydrogen-bond acceptors (Lipinski definition) is 2. The summed E-state index contributed by atoms with van der Waals surface area (Å²) in [4.78, 5) is 6.29. The molecule has 3 nitrogen and oxygen atoms in total. The van der Waals surface area contributed by atoms with Gasteiger partial charge in [0.1, 0.15) is 0 Å². The van der Waals surface area contributed by atoms with Crippen molar-refractivity contribution >= 4 is 5.84 Å². The average Bonchev–Trinajstić information content (AvgIpc) is 2.15. The summed E-state index contributed by atoms with van der Waals surface area (Å²) in [5.74, 6) is 1.09. The van der Waals surface area contributed by atoms with Crippen molar-refractivity contribution in [2.45, 2.75) is 39.2 Å². The van der Waals surface area contributed by atoms with Crippen LogP contribution >= 0.6 is 0 Å². The van der Waals surface area contributed by atoms with E-state index >= 15 is 0 Å². The maximum absolute atomic E-state index is 5.82. The molecule has 0 fully saturated rings. The minimum Gasteiger partial charge on any atom is -0.364 e. The molecule has 1 unspecified atom stereocenters. The van der Waals surface area contributed by atoms with Crippen LogP contribution in [-0.2, 0) is 0 Å². The number of nitrogens with two attached hydrogens (primary N) is 1. The van der Waals surface area contributed by atoms with Gasteiger partial charge in [-0.05, 0) is 26.2 Å². The zero-order valence-electron chi connectivity index (χ0n) is 9.38. The molecule has 1 atom stereocenters. The highest BCUT2D eigenvalue weighted by Crippen LogP contribution is 2.00. The molecular formula is C10H23N3. The van der Waals surface area contributed by atoms with E-state index in [1.165, 1.54) is 0 Å². The Kier molecular flexibility index (Phi) is 6.59. The lowest BCUT2D eigenvalue weighted by Crippen LogP contribution is -2.27. The molecule has 2 N–H and O–H groups in total. The predicted octanol–water partition coefficient (Wildman–Crippen LogP) is 1.48. The molecular weight excluding hydrogens is 162 g/mol. The third kappa shape index (κ3) is 5.64. The van der Waals surface area contributed by atoms with Gasteiger partial charge in [0.05, 0.1) is 5.84 Å². The van der Waals surface area contributed by atoms with Crippen LogP contribution in [0.1, 0.15) is 33.1 Å². The minimum absolute atomic E-state index is 0.368. The van der Waals surface area contributed by atoms with Gasteiger partial charge < -0.3 is 10.6 Å². The first-order valence-electron chi connectivity index (χ1n) is 5.01. The Morgan fingerprint density at radius 1 is 1.54 bits per heavy atom. The molecule has 78 valence electrons. The van der Waals surface area contributed by atoms with Gasteiger partial charge in [-0.1, -0.05) is 6.92 Å². The summed E-state index contributed by atoms with van der Waals surface area (Å²) in [5.41, 5.74) is 5.82. The second-order valence-electron chi connectivity index (χ2n) is 3.50. The Labute approximate surface area is 82.0 Å². The molecule has 3 heteroatoms. The number of hydrogen-bond donors (Lipinski definition) is 1. The van der Waals surface area contributed by atoms with E-state index in [0.29, 0.717) is 6.04 Å². The fourth-order valence-electron chi connectivity index (χ4n) is 1.13. The van der Waals surface area contributed by atoms with Crippen LogP contribution in [0.25, 0.3) is 0 Å². The quantitative estimate of drug-likeness (QED) is 0.521. The Bertz CT molecular complexity index is 154. The molecule has 13 heavy (non-hydrogen) atoms. The van der Waals surface area contributed by atoms with Gasteiger partial charge in [-0.25, -0.2) is 0 Å². The lowest BCUT2D eigenvalue weighted by Gasteiger charge is -2.19. The molecule has 0 heterocycles. The molecule has 0 saturated heterocycles. The molecule has 0 saturated carbocycles. The second kappa shape index (κ2) is 6.89. The van der Waals surface area contributed by atoms with Gasteiger partial charge in [-0.15, -0.1) is 0 Å². The second-order valence-corrected chi connectivity index (χ2v) is 3.50. The molecule has 0 aliphatic carbocycles. The molecule has 0 rings (SSSR count). The Morgan fingerprint density at radius 2 is 2.15 bits per heavy atom. The van der Waals surface area contributed by atoms with Crippen molar-refractivity contribution in [2.24, 2.45) is 10.7 Å². The molecule has 0 amide bonds. The summed E-state index contributed by atoms with van der Waals surface area (Å²) < 4.78 is 0. The van der Waals surface area contributed by atoms with Crippen molar-refractivity contribution in [2.75, 3.05) is 20.6 Å². The number of rotatable bonds is 5. The first-order valence-corrected chi connectivity index (χ1v) is 5.01. The van der Waals surface area contributed by atoms with Gasteiger partial charge in [-0.3, -0.25) is 4.99 Å². The molecule has 0 aliphatic rings. The van der Waals surface area contributed by atoms with E-state index in [9.17, 15) is 0 Å². The molecule has 0 bridgehead atoms. The molecule has 0 aromatic heterocycles. The Balaban J connectivity index is 3.53. The van der Waals surface area contributed by atoms with Crippen molar-refractivity contribution in [3.8, 4) is 0 Å². The Morgan fingerprint density at radius 3 is 2.62 bits per heavy atom. The fourth-order valence-corrected chi connectivity index (χ4v) is 1.13. The van der Waals surface area contributed by atoms with E-state index in [0.717, 1.165) is 31.6 Å². The van der Waals surface area contributed by atoms with Crippen LogP contribution in [0.15, 0.2) is 4.99 Å². The van der Waals surface area contributed by atoms with Crippen LogP contribution in [0.5, 0.6) is 0 Å². The van der Waals surface area contributed by atoms with Gasteiger partial charge >= 0.3 is 0 Å². The summed E-state index contributed by atoms with van der Waals surface area (Å²) in [5, 5.41) is 0. The molecule has 0 spiro atoms. The third-order valence-corrected chi connectivity index (χ3v) is 2.47. The topological polar surface area (TPSA) is 41.6 Å². The zero-order chi connectivity index (χ0) is 10.3. The monoisotopic (exact) mass is 185 g/mol. The zero-order valence-corrected chi connectivity index (χ0v) is 9.38. The first-order chi connectivity index (χ1) is 6.11. The summed E-state index contributed by atoms with van der Waals surface area (Å²) in [7, 11) is 3.89. The molecule has 0 radical (unpaired) electrons. The van der Waals surface area contributed by atoms with Crippen molar-refractivity contribution in [1.29, 1.82) is 0 Å². The normalized spacial score (nSPS) is 14.4. The van der Waals surface area contributed by atoms with Crippen molar-refractivity contribution in [3.05, 3.63) is 0 Å². The highest BCUT2D eigenvalue weighted by molar-refractivity contribution is 5.79.